The molecule has 0 fully saturated rings. The van der Waals surface area contributed by atoms with Gasteiger partial charge in [0.1, 0.15) is 0 Å². The molecule has 0 saturated heterocycles. The molecule has 0 heterocycles. The van der Waals surface area contributed by atoms with Crippen LogP contribution in [-0.2, 0) is 0 Å². The lowest BCUT2D eigenvalue weighted by molar-refractivity contribution is 1.36. The van der Waals surface area contributed by atoms with Crippen LogP contribution in [0, 0.1) is 6.92 Å². The minimum absolute atomic E-state index is 0.932. The van der Waals surface area contributed by atoms with E-state index >= 15 is 0 Å². The monoisotopic (exact) mass is 394 g/mol. The predicted molar refractivity (Wildman–Crippen MR) is 125 cm³/mol. The van der Waals surface area contributed by atoms with Crippen molar-refractivity contribution in [2.75, 3.05) is 5.32 Å². The van der Waals surface area contributed by atoms with Gasteiger partial charge in [-0.1, -0.05) is 59.8 Å². The van der Waals surface area contributed by atoms with Crippen LogP contribution in [0.3, 0.4) is 0 Å². The fourth-order valence-electron chi connectivity index (χ4n) is 2.83. The average Bonchev–Trinajstić information content (AvgIpc) is 2.77. The van der Waals surface area contributed by atoms with Crippen molar-refractivity contribution in [3.63, 3.8) is 0 Å². The van der Waals surface area contributed by atoms with Crippen LogP contribution in [0.25, 0.3) is 0 Å². The maximum Gasteiger partial charge on any atom is 0.0631 e. The van der Waals surface area contributed by atoms with Gasteiger partial charge in [-0.3, -0.25) is 4.99 Å². The summed E-state index contributed by atoms with van der Waals surface area (Å²) in [6.07, 6.45) is 1.90. The highest BCUT2D eigenvalue weighted by Crippen LogP contribution is 2.28. The molecule has 0 bridgehead atoms. The zero-order valence-corrected chi connectivity index (χ0v) is 17.1. The number of hydrogen-bond donors (Lipinski definition) is 1. The molecule has 4 aromatic rings. The topological polar surface area (TPSA) is 24.4 Å². The molecule has 0 atom stereocenters. The molecule has 0 unspecified atom stereocenters. The Balaban J connectivity index is 1.36. The van der Waals surface area contributed by atoms with Crippen LogP contribution in [-0.4, -0.2) is 6.21 Å². The summed E-state index contributed by atoms with van der Waals surface area (Å²) in [5.74, 6) is 0. The van der Waals surface area contributed by atoms with Gasteiger partial charge in [0.05, 0.1) is 5.69 Å². The van der Waals surface area contributed by atoms with Crippen LogP contribution in [0.15, 0.2) is 118 Å². The van der Waals surface area contributed by atoms with Gasteiger partial charge in [0.2, 0.25) is 0 Å². The van der Waals surface area contributed by atoms with E-state index in [0.717, 1.165) is 22.6 Å². The van der Waals surface area contributed by atoms with E-state index in [-0.39, 0.29) is 0 Å². The van der Waals surface area contributed by atoms with Crippen molar-refractivity contribution in [2.24, 2.45) is 4.99 Å². The summed E-state index contributed by atoms with van der Waals surface area (Å²) in [5.41, 5.74) is 5.43. The van der Waals surface area contributed by atoms with E-state index in [4.69, 9.17) is 0 Å². The molecule has 0 spiro atoms. The fraction of sp³-hybridized carbons (Fsp3) is 0.0385. The number of anilines is 2. The molecule has 0 radical (unpaired) electrons. The van der Waals surface area contributed by atoms with Gasteiger partial charge >= 0.3 is 0 Å². The molecule has 3 heteroatoms. The summed E-state index contributed by atoms with van der Waals surface area (Å²) in [6.45, 7) is 2.11. The van der Waals surface area contributed by atoms with Gasteiger partial charge in [0.15, 0.2) is 0 Å². The second kappa shape index (κ2) is 9.26. The Bertz CT molecular complexity index is 1070. The van der Waals surface area contributed by atoms with Gasteiger partial charge in [-0.15, -0.1) is 0 Å². The van der Waals surface area contributed by atoms with Gasteiger partial charge in [-0.25, -0.2) is 0 Å². The van der Waals surface area contributed by atoms with Crippen molar-refractivity contribution < 1.29 is 0 Å². The molecule has 142 valence electrons. The highest BCUT2D eigenvalue weighted by molar-refractivity contribution is 7.99. The van der Waals surface area contributed by atoms with Gasteiger partial charge in [-0.2, -0.15) is 0 Å². The standard InChI is InChI=1S/C26H22N2S/c1-20-7-15-25(16-8-20)29-26-17-9-21(10-18-26)19-27-22-11-13-24(14-12-22)28-23-5-3-2-4-6-23/h2-19,28H,1H3. The summed E-state index contributed by atoms with van der Waals surface area (Å²) >= 11 is 1.77. The molecule has 0 saturated carbocycles. The lowest BCUT2D eigenvalue weighted by atomic mass is 10.2. The van der Waals surface area contributed by atoms with Crippen molar-refractivity contribution in [2.45, 2.75) is 16.7 Å². The van der Waals surface area contributed by atoms with Crippen LogP contribution < -0.4 is 5.32 Å². The zero-order valence-electron chi connectivity index (χ0n) is 16.2. The summed E-state index contributed by atoms with van der Waals surface area (Å²) in [5, 5.41) is 3.38. The van der Waals surface area contributed by atoms with E-state index in [1.807, 2.05) is 60.8 Å². The Morgan fingerprint density at radius 1 is 0.655 bits per heavy atom. The molecular weight excluding hydrogens is 372 g/mol. The molecule has 0 aliphatic carbocycles. The first-order chi connectivity index (χ1) is 14.2. The van der Waals surface area contributed by atoms with Crippen molar-refractivity contribution in [3.05, 3.63) is 114 Å². The van der Waals surface area contributed by atoms with Gasteiger partial charge in [0, 0.05) is 27.4 Å². The third kappa shape index (κ3) is 5.59. The third-order valence-electron chi connectivity index (χ3n) is 4.43. The van der Waals surface area contributed by atoms with E-state index in [2.05, 4.69) is 65.8 Å². The number of hydrogen-bond acceptors (Lipinski definition) is 3. The number of para-hydroxylation sites is 1. The maximum atomic E-state index is 4.59. The Hall–Kier alpha value is -3.30. The molecule has 4 aromatic carbocycles. The van der Waals surface area contributed by atoms with E-state index in [1.165, 1.54) is 15.4 Å². The molecule has 0 aliphatic rings. The number of aliphatic imine (C=N–C) groups is 1. The van der Waals surface area contributed by atoms with E-state index < -0.39 is 0 Å². The van der Waals surface area contributed by atoms with Crippen molar-refractivity contribution in [3.8, 4) is 0 Å². The Morgan fingerprint density at radius 3 is 1.90 bits per heavy atom. The van der Waals surface area contributed by atoms with Gasteiger partial charge in [0.25, 0.3) is 0 Å². The molecule has 0 amide bonds. The van der Waals surface area contributed by atoms with Crippen LogP contribution in [0.4, 0.5) is 17.1 Å². The highest BCUT2D eigenvalue weighted by atomic mass is 32.2. The number of aryl methyl sites for hydroxylation is 1. The van der Waals surface area contributed by atoms with Crippen LogP contribution in [0.1, 0.15) is 11.1 Å². The second-order valence-electron chi connectivity index (χ2n) is 6.78. The van der Waals surface area contributed by atoms with Crippen LogP contribution >= 0.6 is 11.8 Å². The minimum atomic E-state index is 0.932. The quantitative estimate of drug-likeness (QED) is 0.340. The number of nitrogens with one attached hydrogen (secondary N) is 1. The first-order valence-electron chi connectivity index (χ1n) is 9.55. The molecule has 0 aliphatic heterocycles. The van der Waals surface area contributed by atoms with Gasteiger partial charge < -0.3 is 5.32 Å². The Labute approximate surface area is 176 Å². The van der Waals surface area contributed by atoms with Crippen LogP contribution in [0.2, 0.25) is 0 Å². The summed E-state index contributed by atoms with van der Waals surface area (Å²) < 4.78 is 0. The Kier molecular flexibility index (Phi) is 6.08. The average molecular weight is 395 g/mol. The normalized spacial score (nSPS) is 10.9. The molecule has 29 heavy (non-hydrogen) atoms. The number of rotatable bonds is 6. The summed E-state index contributed by atoms with van der Waals surface area (Å²) in [4.78, 5) is 7.06. The maximum absolute atomic E-state index is 4.59. The first-order valence-corrected chi connectivity index (χ1v) is 10.4. The third-order valence-corrected chi connectivity index (χ3v) is 5.44. The first kappa shape index (κ1) is 19.0. The SMILES string of the molecule is Cc1ccc(Sc2ccc(C=Nc3ccc(Nc4ccccc4)cc3)cc2)cc1. The van der Waals surface area contributed by atoms with E-state index in [9.17, 15) is 0 Å². The lowest BCUT2D eigenvalue weighted by Crippen LogP contribution is -1.88. The minimum Gasteiger partial charge on any atom is -0.356 e. The van der Waals surface area contributed by atoms with Crippen molar-refractivity contribution in [1.29, 1.82) is 0 Å². The van der Waals surface area contributed by atoms with E-state index in [1.54, 1.807) is 11.8 Å². The highest BCUT2D eigenvalue weighted by Gasteiger charge is 1.98. The second-order valence-corrected chi connectivity index (χ2v) is 7.93. The molecule has 0 aromatic heterocycles. The molecule has 4 rings (SSSR count). The zero-order chi connectivity index (χ0) is 19.9. The number of benzene rings is 4. The Morgan fingerprint density at radius 2 is 1.24 bits per heavy atom. The van der Waals surface area contributed by atoms with Crippen molar-refractivity contribution >= 4 is 35.0 Å². The summed E-state index contributed by atoms with van der Waals surface area (Å²) in [7, 11) is 0. The fourth-order valence-corrected chi connectivity index (χ4v) is 3.65. The summed E-state index contributed by atoms with van der Waals surface area (Å²) in [6, 6.07) is 35.3. The van der Waals surface area contributed by atoms with E-state index in [0.29, 0.717) is 0 Å². The smallest absolute Gasteiger partial charge is 0.0631 e. The predicted octanol–water partition coefficient (Wildman–Crippen LogP) is 7.64. The van der Waals surface area contributed by atoms with Crippen LogP contribution in [0.5, 0.6) is 0 Å². The van der Waals surface area contributed by atoms with Gasteiger partial charge in [-0.05, 0) is 73.2 Å². The molecular formula is C26H22N2S. The molecule has 2 nitrogen and oxygen atoms in total. The largest absolute Gasteiger partial charge is 0.356 e. The van der Waals surface area contributed by atoms with Crippen molar-refractivity contribution in [1.82, 2.24) is 0 Å². The molecule has 1 N–H and O–H groups in total. The number of nitrogens with zero attached hydrogens (tertiary/aromatic N) is 1. The lowest BCUT2D eigenvalue weighted by Gasteiger charge is -2.06.